The van der Waals surface area contributed by atoms with Crippen molar-refractivity contribution in [1.82, 2.24) is 19.9 Å². The number of halogens is 4. The molecule has 0 unspecified atom stereocenters. The summed E-state index contributed by atoms with van der Waals surface area (Å²) >= 11 is 6.01. The molecule has 33 heavy (non-hydrogen) atoms. The smallest absolute Gasteiger partial charge is 0.353 e. The fourth-order valence-electron chi connectivity index (χ4n) is 3.52. The van der Waals surface area contributed by atoms with Gasteiger partial charge in [0.1, 0.15) is 5.82 Å². The van der Waals surface area contributed by atoms with E-state index in [-0.39, 0.29) is 5.82 Å². The maximum atomic E-state index is 13.4. The highest BCUT2D eigenvalue weighted by Crippen LogP contribution is 2.35. The quantitative estimate of drug-likeness (QED) is 0.540. The Labute approximate surface area is 194 Å². The van der Waals surface area contributed by atoms with Crippen molar-refractivity contribution in [2.24, 2.45) is 0 Å². The minimum atomic E-state index is -4.46. The molecule has 0 saturated carbocycles. The summed E-state index contributed by atoms with van der Waals surface area (Å²) in [5.41, 5.74) is 0.0752. The van der Waals surface area contributed by atoms with E-state index in [4.69, 9.17) is 11.6 Å². The van der Waals surface area contributed by atoms with Gasteiger partial charge in [-0.3, -0.25) is 0 Å². The Morgan fingerprint density at radius 3 is 2.27 bits per heavy atom. The summed E-state index contributed by atoms with van der Waals surface area (Å²) in [6.45, 7) is 4.33. The van der Waals surface area contributed by atoms with Gasteiger partial charge in [0.25, 0.3) is 0 Å². The van der Waals surface area contributed by atoms with Crippen molar-refractivity contribution in [2.75, 3.05) is 54.5 Å². The van der Waals surface area contributed by atoms with Crippen LogP contribution in [0.5, 0.6) is 0 Å². The molecular formula is C22H23ClF3N7. The number of hydrogen-bond acceptors (Lipinski definition) is 7. The van der Waals surface area contributed by atoms with Gasteiger partial charge in [-0.25, -0.2) is 4.98 Å². The fourth-order valence-corrected chi connectivity index (χ4v) is 3.65. The summed E-state index contributed by atoms with van der Waals surface area (Å²) < 4.78 is 40.2. The molecule has 0 aliphatic carbocycles. The third-order valence-electron chi connectivity index (χ3n) is 5.48. The van der Waals surface area contributed by atoms with Crippen molar-refractivity contribution < 1.29 is 13.2 Å². The fraction of sp³-hybridized carbons (Fsp3) is 0.364. The third kappa shape index (κ3) is 5.11. The summed E-state index contributed by atoms with van der Waals surface area (Å²) in [4.78, 5) is 23.4. The number of benzene rings is 1. The second-order valence-corrected chi connectivity index (χ2v) is 8.06. The number of pyridine rings is 1. The van der Waals surface area contributed by atoms with Gasteiger partial charge >= 0.3 is 6.18 Å². The SMILES string of the molecule is CCN(C)c1nc(-c2ccc(Cl)cc2)nc(N2CCN(c3ncccc3C(F)(F)F)CC2)n1. The highest BCUT2D eigenvalue weighted by atomic mass is 35.5. The highest BCUT2D eigenvalue weighted by molar-refractivity contribution is 6.30. The van der Waals surface area contributed by atoms with E-state index in [0.717, 1.165) is 11.6 Å². The van der Waals surface area contributed by atoms with E-state index in [1.807, 2.05) is 35.9 Å². The molecule has 1 fully saturated rings. The second kappa shape index (κ2) is 9.38. The first-order valence-electron chi connectivity index (χ1n) is 10.5. The first-order valence-corrected chi connectivity index (χ1v) is 10.9. The Bertz CT molecular complexity index is 1100. The van der Waals surface area contributed by atoms with E-state index in [2.05, 4.69) is 19.9 Å². The lowest BCUT2D eigenvalue weighted by molar-refractivity contribution is -0.137. The number of hydrogen-bond donors (Lipinski definition) is 0. The van der Waals surface area contributed by atoms with Crippen LogP contribution in [0.2, 0.25) is 5.02 Å². The number of alkyl halides is 3. The van der Waals surface area contributed by atoms with Crippen molar-refractivity contribution in [3.8, 4) is 11.4 Å². The molecule has 1 aliphatic rings. The van der Waals surface area contributed by atoms with Crippen LogP contribution < -0.4 is 14.7 Å². The lowest BCUT2D eigenvalue weighted by Gasteiger charge is -2.36. The van der Waals surface area contributed by atoms with E-state index in [0.29, 0.717) is 55.5 Å². The van der Waals surface area contributed by atoms with Gasteiger partial charge in [-0.2, -0.15) is 28.1 Å². The van der Waals surface area contributed by atoms with Crippen LogP contribution >= 0.6 is 11.6 Å². The largest absolute Gasteiger partial charge is 0.419 e. The van der Waals surface area contributed by atoms with E-state index in [1.54, 1.807) is 17.0 Å². The molecule has 3 heterocycles. The average molecular weight is 478 g/mol. The van der Waals surface area contributed by atoms with Crippen LogP contribution in [0.4, 0.5) is 30.9 Å². The van der Waals surface area contributed by atoms with Gasteiger partial charge in [-0.15, -0.1) is 0 Å². The Hall–Kier alpha value is -3.14. The first kappa shape index (κ1) is 23.0. The molecule has 1 aromatic carbocycles. The number of nitrogens with zero attached hydrogens (tertiary/aromatic N) is 7. The van der Waals surface area contributed by atoms with E-state index in [9.17, 15) is 13.2 Å². The number of rotatable bonds is 5. The number of piperazine rings is 1. The molecule has 7 nitrogen and oxygen atoms in total. The van der Waals surface area contributed by atoms with Crippen molar-refractivity contribution in [1.29, 1.82) is 0 Å². The average Bonchev–Trinajstić information content (AvgIpc) is 2.83. The van der Waals surface area contributed by atoms with Crippen LogP contribution in [0.15, 0.2) is 42.6 Å². The molecule has 0 spiro atoms. The Kier molecular flexibility index (Phi) is 6.55. The zero-order valence-electron chi connectivity index (χ0n) is 18.2. The zero-order chi connectivity index (χ0) is 23.6. The zero-order valence-corrected chi connectivity index (χ0v) is 19.0. The summed E-state index contributed by atoms with van der Waals surface area (Å²) in [5.74, 6) is 1.48. The molecule has 4 rings (SSSR count). The number of anilines is 3. The maximum absolute atomic E-state index is 13.4. The Balaban J connectivity index is 1.59. The van der Waals surface area contributed by atoms with Crippen LogP contribution in [-0.4, -0.2) is 59.7 Å². The van der Waals surface area contributed by atoms with Gasteiger partial charge in [0.05, 0.1) is 5.56 Å². The van der Waals surface area contributed by atoms with Crippen molar-refractivity contribution >= 4 is 29.3 Å². The highest BCUT2D eigenvalue weighted by Gasteiger charge is 2.36. The van der Waals surface area contributed by atoms with Crippen LogP contribution in [0, 0.1) is 0 Å². The molecule has 174 valence electrons. The van der Waals surface area contributed by atoms with E-state index in [1.165, 1.54) is 12.3 Å². The van der Waals surface area contributed by atoms with Gasteiger partial charge in [-0.05, 0) is 43.3 Å². The molecular weight excluding hydrogens is 455 g/mol. The molecule has 3 aromatic rings. The predicted octanol–water partition coefficient (Wildman–Crippen LogP) is 4.39. The van der Waals surface area contributed by atoms with Gasteiger partial charge < -0.3 is 14.7 Å². The molecule has 1 saturated heterocycles. The number of aromatic nitrogens is 4. The van der Waals surface area contributed by atoms with E-state index < -0.39 is 11.7 Å². The lowest BCUT2D eigenvalue weighted by atomic mass is 10.2. The minimum Gasteiger partial charge on any atom is -0.353 e. The van der Waals surface area contributed by atoms with Crippen LogP contribution in [-0.2, 0) is 6.18 Å². The molecule has 1 aliphatic heterocycles. The van der Waals surface area contributed by atoms with Gasteiger partial charge in [0.2, 0.25) is 11.9 Å². The van der Waals surface area contributed by atoms with Gasteiger partial charge in [-0.1, -0.05) is 11.6 Å². The molecule has 2 aromatic heterocycles. The lowest BCUT2D eigenvalue weighted by Crippen LogP contribution is -2.48. The van der Waals surface area contributed by atoms with Crippen molar-refractivity contribution in [3.63, 3.8) is 0 Å². The van der Waals surface area contributed by atoms with Gasteiger partial charge in [0, 0.05) is 56.6 Å². The first-order chi connectivity index (χ1) is 15.8. The topological polar surface area (TPSA) is 61.3 Å². The normalized spacial score (nSPS) is 14.5. The van der Waals surface area contributed by atoms with Crippen molar-refractivity contribution in [2.45, 2.75) is 13.1 Å². The molecule has 0 N–H and O–H groups in total. The maximum Gasteiger partial charge on any atom is 0.419 e. The second-order valence-electron chi connectivity index (χ2n) is 7.63. The van der Waals surface area contributed by atoms with Gasteiger partial charge in [0.15, 0.2) is 5.82 Å². The minimum absolute atomic E-state index is 0.0476. The molecule has 0 radical (unpaired) electrons. The molecule has 0 bridgehead atoms. The van der Waals surface area contributed by atoms with Crippen molar-refractivity contribution in [3.05, 3.63) is 53.2 Å². The van der Waals surface area contributed by atoms with Crippen LogP contribution in [0.3, 0.4) is 0 Å². The summed E-state index contributed by atoms with van der Waals surface area (Å²) in [5, 5.41) is 0.614. The third-order valence-corrected chi connectivity index (χ3v) is 5.74. The molecule has 0 atom stereocenters. The van der Waals surface area contributed by atoms with Crippen LogP contribution in [0.1, 0.15) is 12.5 Å². The summed E-state index contributed by atoms with van der Waals surface area (Å²) in [7, 11) is 1.89. The standard InChI is InChI=1S/C22H23ClF3N7/c1-3-31(2)20-28-18(15-6-8-16(23)9-7-15)29-21(30-20)33-13-11-32(12-14-33)19-17(22(24,25)26)5-4-10-27-19/h4-10H,3,11-14H2,1-2H3. The Morgan fingerprint density at radius 2 is 1.64 bits per heavy atom. The van der Waals surface area contributed by atoms with E-state index >= 15 is 0 Å². The Morgan fingerprint density at radius 1 is 0.970 bits per heavy atom. The summed E-state index contributed by atoms with van der Waals surface area (Å²) in [6, 6.07) is 9.59. The summed E-state index contributed by atoms with van der Waals surface area (Å²) in [6.07, 6.45) is -3.07. The van der Waals surface area contributed by atoms with Crippen LogP contribution in [0.25, 0.3) is 11.4 Å². The molecule has 0 amide bonds. The molecule has 11 heteroatoms. The predicted molar refractivity (Wildman–Crippen MR) is 123 cm³/mol. The monoisotopic (exact) mass is 477 g/mol.